The van der Waals surface area contributed by atoms with Crippen LogP contribution in [0.2, 0.25) is 0 Å². The Bertz CT molecular complexity index is 633. The molecule has 6 heteroatoms. The highest BCUT2D eigenvalue weighted by Gasteiger charge is 2.22. The highest BCUT2D eigenvalue weighted by Crippen LogP contribution is 2.30. The summed E-state index contributed by atoms with van der Waals surface area (Å²) in [5.74, 6) is 1.47. The zero-order chi connectivity index (χ0) is 16.1. The molecule has 0 saturated heterocycles. The number of amides is 1. The quantitative estimate of drug-likeness (QED) is 0.889. The Balaban J connectivity index is 1.56. The summed E-state index contributed by atoms with van der Waals surface area (Å²) in [6, 6.07) is 9.68. The molecular formula is C17H23N5O. The first-order valence-corrected chi connectivity index (χ1v) is 8.34. The van der Waals surface area contributed by atoms with Crippen LogP contribution in [0.4, 0.5) is 0 Å². The minimum absolute atomic E-state index is 0.0409. The second-order valence-corrected chi connectivity index (χ2v) is 6.35. The van der Waals surface area contributed by atoms with E-state index in [9.17, 15) is 4.79 Å². The molecular weight excluding hydrogens is 290 g/mol. The summed E-state index contributed by atoms with van der Waals surface area (Å²) < 4.78 is 1.65. The van der Waals surface area contributed by atoms with E-state index in [0.717, 1.165) is 12.1 Å². The first-order chi connectivity index (χ1) is 11.2. The summed E-state index contributed by atoms with van der Waals surface area (Å²) in [5, 5.41) is 14.7. The van der Waals surface area contributed by atoms with Crippen LogP contribution in [0.15, 0.2) is 30.3 Å². The molecule has 6 nitrogen and oxygen atoms in total. The van der Waals surface area contributed by atoms with E-state index >= 15 is 0 Å². The van der Waals surface area contributed by atoms with Crippen LogP contribution in [0, 0.1) is 11.8 Å². The Hall–Kier alpha value is -2.24. The van der Waals surface area contributed by atoms with Crippen molar-refractivity contribution in [3.8, 4) is 5.69 Å². The Morgan fingerprint density at radius 1 is 1.30 bits per heavy atom. The van der Waals surface area contributed by atoms with Gasteiger partial charge in [0.25, 0.3) is 0 Å². The molecule has 1 aliphatic rings. The average molecular weight is 313 g/mol. The van der Waals surface area contributed by atoms with E-state index in [4.69, 9.17) is 0 Å². The summed E-state index contributed by atoms with van der Waals surface area (Å²) in [6.07, 6.45) is 6.14. The molecule has 1 saturated carbocycles. The van der Waals surface area contributed by atoms with Crippen molar-refractivity contribution in [2.75, 3.05) is 0 Å². The van der Waals surface area contributed by atoms with Crippen LogP contribution in [-0.4, -0.2) is 26.1 Å². The van der Waals surface area contributed by atoms with E-state index in [-0.39, 0.29) is 11.8 Å². The average Bonchev–Trinajstić information content (AvgIpc) is 3.24. The number of carbonyl (C=O) groups excluding carboxylic acids is 1. The number of hydrogen-bond donors (Lipinski definition) is 1. The largest absolute Gasteiger partial charge is 0.348 e. The van der Waals surface area contributed by atoms with Crippen molar-refractivity contribution in [2.45, 2.75) is 45.6 Å². The van der Waals surface area contributed by atoms with Gasteiger partial charge in [0.1, 0.15) is 0 Å². The number of tetrazole rings is 1. The normalized spacial score (nSPS) is 16.4. The lowest BCUT2D eigenvalue weighted by molar-refractivity contribution is -0.125. The van der Waals surface area contributed by atoms with Crippen LogP contribution in [0.3, 0.4) is 0 Å². The first-order valence-electron chi connectivity index (χ1n) is 8.34. The Morgan fingerprint density at radius 2 is 2.04 bits per heavy atom. The lowest BCUT2D eigenvalue weighted by Crippen LogP contribution is -2.30. The number of nitrogens with one attached hydrogen (secondary N) is 1. The molecule has 0 radical (unpaired) electrons. The zero-order valence-corrected chi connectivity index (χ0v) is 13.5. The highest BCUT2D eigenvalue weighted by molar-refractivity contribution is 5.78. The SMILES string of the molecule is C[C@H](CC1CCCC1)C(=O)NCc1nnnn1-c1ccccc1. The molecule has 1 amide bonds. The summed E-state index contributed by atoms with van der Waals surface area (Å²) in [6.45, 7) is 2.35. The van der Waals surface area contributed by atoms with Crippen molar-refractivity contribution in [3.05, 3.63) is 36.2 Å². The minimum Gasteiger partial charge on any atom is -0.348 e. The molecule has 1 aromatic carbocycles. The van der Waals surface area contributed by atoms with Gasteiger partial charge < -0.3 is 5.32 Å². The molecule has 1 fully saturated rings. The van der Waals surface area contributed by atoms with Crippen molar-refractivity contribution in [2.24, 2.45) is 11.8 Å². The molecule has 3 rings (SSSR count). The van der Waals surface area contributed by atoms with Crippen molar-refractivity contribution in [1.82, 2.24) is 25.5 Å². The molecule has 0 bridgehead atoms. The molecule has 1 heterocycles. The Kier molecular flexibility index (Phi) is 5.00. The summed E-state index contributed by atoms with van der Waals surface area (Å²) in [5.41, 5.74) is 0.890. The van der Waals surface area contributed by atoms with Gasteiger partial charge in [0.15, 0.2) is 5.82 Å². The van der Waals surface area contributed by atoms with E-state index in [1.165, 1.54) is 25.7 Å². The summed E-state index contributed by atoms with van der Waals surface area (Å²) >= 11 is 0. The van der Waals surface area contributed by atoms with Gasteiger partial charge in [-0.3, -0.25) is 4.79 Å². The molecule has 122 valence electrons. The van der Waals surface area contributed by atoms with Gasteiger partial charge in [-0.1, -0.05) is 50.8 Å². The van der Waals surface area contributed by atoms with E-state index < -0.39 is 0 Å². The van der Waals surface area contributed by atoms with Gasteiger partial charge in [0.05, 0.1) is 12.2 Å². The third-order valence-electron chi connectivity index (χ3n) is 4.56. The summed E-state index contributed by atoms with van der Waals surface area (Å²) in [7, 11) is 0. The van der Waals surface area contributed by atoms with Crippen LogP contribution >= 0.6 is 0 Å². The molecule has 1 aliphatic carbocycles. The van der Waals surface area contributed by atoms with Crippen molar-refractivity contribution < 1.29 is 4.79 Å². The standard InChI is InChI=1S/C17H23N5O/c1-13(11-14-7-5-6-8-14)17(23)18-12-16-19-20-21-22(16)15-9-3-2-4-10-15/h2-4,9-10,13-14H,5-8,11-12H2,1H3,(H,18,23)/t13-/m1/s1. The maximum Gasteiger partial charge on any atom is 0.223 e. The number of benzene rings is 1. The van der Waals surface area contributed by atoms with Crippen LogP contribution in [0.1, 0.15) is 44.9 Å². The van der Waals surface area contributed by atoms with E-state index in [1.807, 2.05) is 37.3 Å². The minimum atomic E-state index is 0.0409. The van der Waals surface area contributed by atoms with Crippen LogP contribution in [0.25, 0.3) is 5.69 Å². The van der Waals surface area contributed by atoms with Crippen LogP contribution < -0.4 is 5.32 Å². The topological polar surface area (TPSA) is 72.7 Å². The van der Waals surface area contributed by atoms with Crippen molar-refractivity contribution >= 4 is 5.91 Å². The molecule has 2 aromatic rings. The van der Waals surface area contributed by atoms with Gasteiger partial charge in [0, 0.05) is 5.92 Å². The fourth-order valence-electron chi connectivity index (χ4n) is 3.28. The smallest absolute Gasteiger partial charge is 0.223 e. The van der Waals surface area contributed by atoms with E-state index in [2.05, 4.69) is 20.8 Å². The number of para-hydroxylation sites is 1. The number of hydrogen-bond acceptors (Lipinski definition) is 4. The van der Waals surface area contributed by atoms with Crippen molar-refractivity contribution in [3.63, 3.8) is 0 Å². The van der Waals surface area contributed by atoms with Gasteiger partial charge in [-0.05, 0) is 34.9 Å². The van der Waals surface area contributed by atoms with Gasteiger partial charge in [-0.25, -0.2) is 0 Å². The van der Waals surface area contributed by atoms with Gasteiger partial charge >= 0.3 is 0 Å². The van der Waals surface area contributed by atoms with E-state index in [1.54, 1.807) is 4.68 Å². The molecule has 1 aromatic heterocycles. The molecule has 0 unspecified atom stereocenters. The predicted octanol–water partition coefficient (Wildman–Crippen LogP) is 2.49. The monoisotopic (exact) mass is 313 g/mol. The third-order valence-corrected chi connectivity index (χ3v) is 4.56. The maximum absolute atomic E-state index is 12.3. The number of nitrogens with zero attached hydrogens (tertiary/aromatic N) is 4. The molecule has 1 atom stereocenters. The van der Waals surface area contributed by atoms with E-state index in [0.29, 0.717) is 18.3 Å². The first kappa shape index (κ1) is 15.6. The van der Waals surface area contributed by atoms with Crippen LogP contribution in [0.5, 0.6) is 0 Å². The second kappa shape index (κ2) is 7.35. The lowest BCUT2D eigenvalue weighted by atomic mass is 9.94. The van der Waals surface area contributed by atoms with Crippen molar-refractivity contribution in [1.29, 1.82) is 0 Å². The van der Waals surface area contributed by atoms with Crippen LogP contribution in [-0.2, 0) is 11.3 Å². The number of carbonyl (C=O) groups is 1. The third kappa shape index (κ3) is 3.94. The second-order valence-electron chi connectivity index (χ2n) is 6.35. The van der Waals surface area contributed by atoms with Gasteiger partial charge in [-0.15, -0.1) is 5.10 Å². The maximum atomic E-state index is 12.3. The predicted molar refractivity (Wildman–Crippen MR) is 86.7 cm³/mol. The Morgan fingerprint density at radius 3 is 2.78 bits per heavy atom. The fourth-order valence-corrected chi connectivity index (χ4v) is 3.28. The van der Waals surface area contributed by atoms with Gasteiger partial charge in [-0.2, -0.15) is 4.68 Å². The zero-order valence-electron chi connectivity index (χ0n) is 13.5. The molecule has 0 spiro atoms. The highest BCUT2D eigenvalue weighted by atomic mass is 16.1. The lowest BCUT2D eigenvalue weighted by Gasteiger charge is -2.16. The molecule has 0 aliphatic heterocycles. The van der Waals surface area contributed by atoms with Gasteiger partial charge in [0.2, 0.25) is 5.91 Å². The fraction of sp³-hybridized carbons (Fsp3) is 0.529. The molecule has 1 N–H and O–H groups in total. The summed E-state index contributed by atoms with van der Waals surface area (Å²) in [4.78, 5) is 12.3. The number of aromatic nitrogens is 4. The number of rotatable bonds is 6. The molecule has 23 heavy (non-hydrogen) atoms. The Labute approximate surface area is 136 Å².